The standard InChI is InChI=1S/C18H15NO/c1-3-7-14-11(5-1)12-9-10-16-17(18(12)19-14)13-6-2-4-8-15(13)20-16/h1-10,13,15-17,19H. The predicted octanol–water partition coefficient (Wildman–Crippen LogP) is 3.79. The molecular formula is C18H15NO. The summed E-state index contributed by atoms with van der Waals surface area (Å²) in [6.45, 7) is 0. The van der Waals surface area contributed by atoms with Crippen molar-refractivity contribution in [2.75, 3.05) is 0 Å². The highest BCUT2D eigenvalue weighted by atomic mass is 16.5. The van der Waals surface area contributed by atoms with Crippen LogP contribution in [0.4, 0.5) is 0 Å². The molecule has 0 amide bonds. The van der Waals surface area contributed by atoms with E-state index in [1.165, 1.54) is 22.2 Å². The number of hydrogen-bond donors (Lipinski definition) is 1. The minimum absolute atomic E-state index is 0.193. The zero-order valence-corrected chi connectivity index (χ0v) is 11.0. The summed E-state index contributed by atoms with van der Waals surface area (Å²) < 4.78 is 6.18. The van der Waals surface area contributed by atoms with Crippen LogP contribution in [0, 0.1) is 5.92 Å². The Hall–Kier alpha value is -2.06. The van der Waals surface area contributed by atoms with Gasteiger partial charge in [-0.05, 0) is 6.07 Å². The summed E-state index contributed by atoms with van der Waals surface area (Å²) in [6.07, 6.45) is 13.6. The summed E-state index contributed by atoms with van der Waals surface area (Å²) in [5.41, 5.74) is 3.90. The van der Waals surface area contributed by atoms with Crippen molar-refractivity contribution in [1.82, 2.24) is 4.98 Å². The molecule has 2 nitrogen and oxygen atoms in total. The van der Waals surface area contributed by atoms with Crippen LogP contribution < -0.4 is 0 Å². The molecule has 1 fully saturated rings. The Morgan fingerprint density at radius 2 is 1.85 bits per heavy atom. The molecule has 0 saturated carbocycles. The monoisotopic (exact) mass is 261 g/mol. The van der Waals surface area contributed by atoms with E-state index in [0.717, 1.165) is 0 Å². The van der Waals surface area contributed by atoms with Crippen molar-refractivity contribution >= 4 is 17.0 Å². The predicted molar refractivity (Wildman–Crippen MR) is 80.5 cm³/mol. The van der Waals surface area contributed by atoms with Gasteiger partial charge in [0.15, 0.2) is 0 Å². The smallest absolute Gasteiger partial charge is 0.0857 e. The number of ether oxygens (including phenoxy) is 1. The Bertz CT molecular complexity index is 780. The number of rotatable bonds is 0. The van der Waals surface area contributed by atoms with E-state index >= 15 is 0 Å². The van der Waals surface area contributed by atoms with E-state index in [0.29, 0.717) is 11.8 Å². The molecule has 1 aromatic carbocycles. The molecule has 0 radical (unpaired) electrons. The lowest BCUT2D eigenvalue weighted by atomic mass is 9.79. The molecule has 2 aliphatic carbocycles. The normalized spacial score (nSPS) is 33.2. The number of fused-ring (bicyclic) bond motifs is 7. The topological polar surface area (TPSA) is 25.0 Å². The van der Waals surface area contributed by atoms with Crippen molar-refractivity contribution in [2.45, 2.75) is 18.1 Å². The molecule has 0 bridgehead atoms. The van der Waals surface area contributed by atoms with Crippen molar-refractivity contribution in [3.8, 4) is 0 Å². The number of para-hydroxylation sites is 1. The number of allylic oxidation sites excluding steroid dienone is 2. The van der Waals surface area contributed by atoms with Gasteiger partial charge in [-0.2, -0.15) is 0 Å². The summed E-state index contributed by atoms with van der Waals surface area (Å²) in [4.78, 5) is 3.63. The van der Waals surface area contributed by atoms with Gasteiger partial charge in [0, 0.05) is 34.0 Å². The Kier molecular flexibility index (Phi) is 2.00. The van der Waals surface area contributed by atoms with E-state index in [9.17, 15) is 0 Å². The molecule has 4 atom stereocenters. The Balaban J connectivity index is 1.73. The first kappa shape index (κ1) is 10.7. The second-order valence-electron chi connectivity index (χ2n) is 5.80. The molecule has 1 aliphatic heterocycles. The molecule has 4 unspecified atom stereocenters. The number of aromatic nitrogens is 1. The first-order chi connectivity index (χ1) is 9.92. The van der Waals surface area contributed by atoms with Crippen molar-refractivity contribution in [1.29, 1.82) is 0 Å². The molecule has 20 heavy (non-hydrogen) atoms. The van der Waals surface area contributed by atoms with E-state index in [1.54, 1.807) is 0 Å². The Morgan fingerprint density at radius 3 is 2.85 bits per heavy atom. The second-order valence-corrected chi connectivity index (χ2v) is 5.80. The molecule has 5 rings (SSSR count). The number of aromatic amines is 1. The molecule has 2 heteroatoms. The van der Waals surface area contributed by atoms with Gasteiger partial charge in [0.1, 0.15) is 0 Å². The van der Waals surface area contributed by atoms with Gasteiger partial charge in [-0.1, -0.05) is 54.7 Å². The molecule has 1 N–H and O–H groups in total. The quantitative estimate of drug-likeness (QED) is 0.767. The molecule has 98 valence electrons. The van der Waals surface area contributed by atoms with Crippen molar-refractivity contribution in [3.63, 3.8) is 0 Å². The summed E-state index contributed by atoms with van der Waals surface area (Å²) in [5.74, 6) is 0.857. The van der Waals surface area contributed by atoms with Crippen LogP contribution in [0.2, 0.25) is 0 Å². The largest absolute Gasteiger partial charge is 0.365 e. The highest BCUT2D eigenvalue weighted by Gasteiger charge is 2.45. The van der Waals surface area contributed by atoms with Gasteiger partial charge >= 0.3 is 0 Å². The number of benzene rings is 1. The lowest BCUT2D eigenvalue weighted by molar-refractivity contribution is 0.0904. The fourth-order valence-electron chi connectivity index (χ4n) is 3.89. The van der Waals surface area contributed by atoms with E-state index in [4.69, 9.17) is 4.74 Å². The first-order valence-corrected chi connectivity index (χ1v) is 7.21. The lowest BCUT2D eigenvalue weighted by Crippen LogP contribution is -2.20. The van der Waals surface area contributed by atoms with Gasteiger partial charge in [-0.25, -0.2) is 0 Å². The summed E-state index contributed by atoms with van der Waals surface area (Å²) in [5, 5.41) is 1.32. The van der Waals surface area contributed by atoms with Crippen LogP contribution in [-0.2, 0) is 4.74 Å². The van der Waals surface area contributed by atoms with Crippen LogP contribution >= 0.6 is 0 Å². The zero-order valence-electron chi connectivity index (χ0n) is 11.0. The lowest BCUT2D eigenvalue weighted by Gasteiger charge is -2.23. The highest BCUT2D eigenvalue weighted by molar-refractivity contribution is 5.91. The molecule has 0 spiro atoms. The van der Waals surface area contributed by atoms with Crippen molar-refractivity contribution in [3.05, 3.63) is 65.9 Å². The van der Waals surface area contributed by atoms with E-state index in [2.05, 4.69) is 65.7 Å². The molecular weight excluding hydrogens is 246 g/mol. The first-order valence-electron chi connectivity index (χ1n) is 7.21. The van der Waals surface area contributed by atoms with Gasteiger partial charge in [0.25, 0.3) is 0 Å². The van der Waals surface area contributed by atoms with Crippen molar-refractivity contribution < 1.29 is 4.74 Å². The van der Waals surface area contributed by atoms with Crippen LogP contribution in [0.1, 0.15) is 17.2 Å². The van der Waals surface area contributed by atoms with Crippen molar-refractivity contribution in [2.24, 2.45) is 5.92 Å². The Labute approximate surface area is 117 Å². The fraction of sp³-hybridized carbons (Fsp3) is 0.222. The summed E-state index contributed by atoms with van der Waals surface area (Å²) in [6, 6.07) is 8.54. The maximum absolute atomic E-state index is 6.18. The maximum atomic E-state index is 6.18. The third-order valence-electron chi connectivity index (χ3n) is 4.77. The number of hydrogen-bond acceptors (Lipinski definition) is 1. The fourth-order valence-corrected chi connectivity index (χ4v) is 3.89. The van der Waals surface area contributed by atoms with E-state index in [1.807, 2.05) is 0 Å². The third-order valence-corrected chi connectivity index (χ3v) is 4.77. The van der Waals surface area contributed by atoms with Gasteiger partial charge in [0.2, 0.25) is 0 Å². The van der Waals surface area contributed by atoms with E-state index in [-0.39, 0.29) is 12.2 Å². The highest BCUT2D eigenvalue weighted by Crippen LogP contribution is 2.47. The minimum atomic E-state index is 0.193. The zero-order chi connectivity index (χ0) is 13.1. The molecule has 2 aromatic rings. The van der Waals surface area contributed by atoms with Crippen LogP contribution in [0.3, 0.4) is 0 Å². The SMILES string of the molecule is C1=CC2OC3C=Cc4c([nH]c5ccccc45)C3C2C=C1. The summed E-state index contributed by atoms with van der Waals surface area (Å²) in [7, 11) is 0. The van der Waals surface area contributed by atoms with Crippen LogP contribution in [0.25, 0.3) is 17.0 Å². The van der Waals surface area contributed by atoms with E-state index < -0.39 is 0 Å². The van der Waals surface area contributed by atoms with Gasteiger partial charge in [0.05, 0.1) is 12.2 Å². The maximum Gasteiger partial charge on any atom is 0.0857 e. The summed E-state index contributed by atoms with van der Waals surface area (Å²) >= 11 is 0. The second kappa shape index (κ2) is 3.74. The molecule has 3 aliphatic rings. The third kappa shape index (κ3) is 1.27. The van der Waals surface area contributed by atoms with Gasteiger partial charge in [-0.3, -0.25) is 0 Å². The molecule has 2 heterocycles. The van der Waals surface area contributed by atoms with Crippen LogP contribution in [0.15, 0.2) is 54.6 Å². The Morgan fingerprint density at radius 1 is 0.950 bits per heavy atom. The van der Waals surface area contributed by atoms with Crippen LogP contribution in [-0.4, -0.2) is 17.2 Å². The van der Waals surface area contributed by atoms with Crippen LogP contribution in [0.5, 0.6) is 0 Å². The van der Waals surface area contributed by atoms with Gasteiger partial charge in [-0.15, -0.1) is 0 Å². The number of H-pyrrole nitrogens is 1. The molecule has 1 aromatic heterocycles. The van der Waals surface area contributed by atoms with Gasteiger partial charge < -0.3 is 9.72 Å². The number of nitrogens with one attached hydrogen (secondary N) is 1. The average Bonchev–Trinajstić information content (AvgIpc) is 3.04. The molecule has 1 saturated heterocycles. The minimum Gasteiger partial charge on any atom is -0.365 e. The average molecular weight is 261 g/mol.